The molecule has 0 unspecified atom stereocenters. The number of aryl methyl sites for hydroxylation is 1. The van der Waals surface area contributed by atoms with E-state index in [1.54, 1.807) is 19.2 Å². The van der Waals surface area contributed by atoms with Crippen molar-refractivity contribution in [3.8, 4) is 11.5 Å². The number of phenols is 1. The number of nitrogens with zero attached hydrogens (tertiary/aromatic N) is 1. The minimum absolute atomic E-state index is 0.256. The number of hydrogen-bond donors (Lipinski definition) is 2. The number of phenolic OH excluding ortho intramolecular Hbond substituents is 1. The Labute approximate surface area is 125 Å². The molecule has 21 heavy (non-hydrogen) atoms. The first-order valence-corrected chi connectivity index (χ1v) is 7.04. The second kappa shape index (κ2) is 6.50. The van der Waals surface area contributed by atoms with Gasteiger partial charge in [-0.25, -0.2) is 0 Å². The van der Waals surface area contributed by atoms with Crippen molar-refractivity contribution in [3.63, 3.8) is 0 Å². The van der Waals surface area contributed by atoms with Gasteiger partial charge in [0.25, 0.3) is 0 Å². The lowest BCUT2D eigenvalue weighted by Crippen LogP contribution is -2.19. The number of benzene rings is 2. The molecule has 0 fully saturated rings. The van der Waals surface area contributed by atoms with Gasteiger partial charge in [-0.3, -0.25) is 0 Å². The van der Waals surface area contributed by atoms with Crippen LogP contribution in [-0.2, 0) is 6.54 Å². The number of methoxy groups -OCH3 is 1. The summed E-state index contributed by atoms with van der Waals surface area (Å²) in [6, 6.07) is 11.3. The van der Waals surface area contributed by atoms with Crippen molar-refractivity contribution in [1.29, 1.82) is 0 Å². The largest absolute Gasteiger partial charge is 0.508 e. The highest BCUT2D eigenvalue weighted by molar-refractivity contribution is 5.71. The molecule has 0 aliphatic heterocycles. The quantitative estimate of drug-likeness (QED) is 0.885. The van der Waals surface area contributed by atoms with Crippen LogP contribution in [0.15, 0.2) is 36.4 Å². The minimum atomic E-state index is 0.256. The van der Waals surface area contributed by atoms with Crippen molar-refractivity contribution in [2.45, 2.75) is 20.4 Å². The molecule has 0 saturated carbocycles. The maximum atomic E-state index is 9.78. The molecule has 0 amide bonds. The number of aromatic hydroxyl groups is 1. The Bertz CT molecular complexity index is 626. The SMILES string of the molecule is CCN(c1cc(O)ccc1C)c1cc(OC)ccc1CN. The highest BCUT2D eigenvalue weighted by Gasteiger charge is 2.15. The Kier molecular flexibility index (Phi) is 4.70. The average molecular weight is 286 g/mol. The van der Waals surface area contributed by atoms with Crippen LogP contribution in [0, 0.1) is 6.92 Å². The van der Waals surface area contributed by atoms with Gasteiger partial charge in [0.05, 0.1) is 7.11 Å². The van der Waals surface area contributed by atoms with Crippen LogP contribution < -0.4 is 15.4 Å². The first-order valence-electron chi connectivity index (χ1n) is 7.04. The predicted octanol–water partition coefficient (Wildman–Crippen LogP) is 3.33. The fraction of sp³-hybridized carbons (Fsp3) is 0.294. The number of hydrogen-bond acceptors (Lipinski definition) is 4. The molecular weight excluding hydrogens is 264 g/mol. The standard InChI is InChI=1S/C17H22N2O2/c1-4-19(16-9-14(20)7-5-12(16)2)17-10-15(21-3)8-6-13(17)11-18/h5-10,20H,4,11,18H2,1-3H3. The monoisotopic (exact) mass is 286 g/mol. The van der Waals surface area contributed by atoms with Crippen LogP contribution in [0.2, 0.25) is 0 Å². The Balaban J connectivity index is 2.57. The van der Waals surface area contributed by atoms with Crippen LogP contribution in [0.1, 0.15) is 18.1 Å². The molecule has 112 valence electrons. The average Bonchev–Trinajstić information content (AvgIpc) is 2.51. The summed E-state index contributed by atoms with van der Waals surface area (Å²) in [5, 5.41) is 9.78. The van der Waals surface area contributed by atoms with E-state index in [9.17, 15) is 5.11 Å². The molecule has 0 radical (unpaired) electrons. The van der Waals surface area contributed by atoms with Crippen LogP contribution in [0.5, 0.6) is 11.5 Å². The van der Waals surface area contributed by atoms with Crippen molar-refractivity contribution < 1.29 is 9.84 Å². The Morgan fingerprint density at radius 3 is 2.52 bits per heavy atom. The van der Waals surface area contributed by atoms with E-state index < -0.39 is 0 Å². The van der Waals surface area contributed by atoms with Gasteiger partial charge in [-0.2, -0.15) is 0 Å². The van der Waals surface area contributed by atoms with Crippen LogP contribution in [0.25, 0.3) is 0 Å². The zero-order chi connectivity index (χ0) is 15.4. The van der Waals surface area contributed by atoms with Gasteiger partial charge in [0.2, 0.25) is 0 Å². The Hall–Kier alpha value is -2.20. The van der Waals surface area contributed by atoms with Crippen LogP contribution in [0.4, 0.5) is 11.4 Å². The molecule has 4 nitrogen and oxygen atoms in total. The third-order valence-corrected chi connectivity index (χ3v) is 3.60. The van der Waals surface area contributed by atoms with Gasteiger partial charge in [0, 0.05) is 36.6 Å². The Morgan fingerprint density at radius 1 is 1.14 bits per heavy atom. The molecule has 0 spiro atoms. The number of nitrogens with two attached hydrogens (primary N) is 1. The summed E-state index contributed by atoms with van der Waals surface area (Å²) in [6.07, 6.45) is 0. The molecular formula is C17H22N2O2. The molecule has 0 atom stereocenters. The zero-order valence-corrected chi connectivity index (χ0v) is 12.8. The lowest BCUT2D eigenvalue weighted by Gasteiger charge is -2.27. The molecule has 0 aliphatic rings. The molecule has 0 heterocycles. The van der Waals surface area contributed by atoms with Gasteiger partial charge < -0.3 is 20.5 Å². The number of ether oxygens (including phenoxy) is 1. The van der Waals surface area contributed by atoms with Gasteiger partial charge in [0.15, 0.2) is 0 Å². The summed E-state index contributed by atoms with van der Waals surface area (Å²) in [4.78, 5) is 2.14. The molecule has 2 aromatic carbocycles. The summed E-state index contributed by atoms with van der Waals surface area (Å²) in [7, 11) is 1.65. The summed E-state index contributed by atoms with van der Waals surface area (Å²) in [6.45, 7) is 5.32. The highest BCUT2D eigenvalue weighted by Crippen LogP contribution is 2.35. The van der Waals surface area contributed by atoms with Crippen molar-refractivity contribution in [2.75, 3.05) is 18.6 Å². The lowest BCUT2D eigenvalue weighted by atomic mass is 10.1. The van der Waals surface area contributed by atoms with E-state index in [4.69, 9.17) is 10.5 Å². The molecule has 0 aromatic heterocycles. The smallest absolute Gasteiger partial charge is 0.120 e. The summed E-state index contributed by atoms with van der Waals surface area (Å²) in [5.74, 6) is 1.05. The number of rotatable bonds is 5. The van der Waals surface area contributed by atoms with Crippen molar-refractivity contribution in [3.05, 3.63) is 47.5 Å². The van der Waals surface area contributed by atoms with E-state index in [1.807, 2.05) is 31.2 Å². The van der Waals surface area contributed by atoms with Gasteiger partial charge >= 0.3 is 0 Å². The summed E-state index contributed by atoms with van der Waals surface area (Å²) >= 11 is 0. The molecule has 0 bridgehead atoms. The zero-order valence-electron chi connectivity index (χ0n) is 12.8. The van der Waals surface area contributed by atoms with Crippen molar-refractivity contribution >= 4 is 11.4 Å². The molecule has 2 aromatic rings. The van der Waals surface area contributed by atoms with Crippen molar-refractivity contribution in [1.82, 2.24) is 0 Å². The van der Waals surface area contributed by atoms with E-state index in [-0.39, 0.29) is 5.75 Å². The maximum Gasteiger partial charge on any atom is 0.120 e. The van der Waals surface area contributed by atoms with Gasteiger partial charge in [-0.1, -0.05) is 12.1 Å². The molecule has 3 N–H and O–H groups in total. The topological polar surface area (TPSA) is 58.7 Å². The summed E-state index contributed by atoms with van der Waals surface area (Å²) in [5.41, 5.74) is 9.98. The van der Waals surface area contributed by atoms with E-state index in [0.717, 1.165) is 34.8 Å². The third-order valence-electron chi connectivity index (χ3n) is 3.60. The minimum Gasteiger partial charge on any atom is -0.508 e. The fourth-order valence-electron chi connectivity index (χ4n) is 2.45. The van der Waals surface area contributed by atoms with Gasteiger partial charge in [-0.15, -0.1) is 0 Å². The molecule has 0 aliphatic carbocycles. The summed E-state index contributed by atoms with van der Waals surface area (Å²) < 4.78 is 5.32. The molecule has 2 rings (SSSR count). The van der Waals surface area contributed by atoms with E-state index >= 15 is 0 Å². The third kappa shape index (κ3) is 3.11. The predicted molar refractivity (Wildman–Crippen MR) is 86.4 cm³/mol. The Morgan fingerprint density at radius 2 is 1.90 bits per heavy atom. The fourth-order valence-corrected chi connectivity index (χ4v) is 2.45. The van der Waals surface area contributed by atoms with Crippen LogP contribution in [0.3, 0.4) is 0 Å². The van der Waals surface area contributed by atoms with Crippen LogP contribution >= 0.6 is 0 Å². The first kappa shape index (κ1) is 15.2. The van der Waals surface area contributed by atoms with Crippen LogP contribution in [-0.4, -0.2) is 18.8 Å². The van der Waals surface area contributed by atoms with Gasteiger partial charge in [0.1, 0.15) is 11.5 Å². The second-order valence-electron chi connectivity index (χ2n) is 4.91. The maximum absolute atomic E-state index is 9.78. The van der Waals surface area contributed by atoms with Gasteiger partial charge in [-0.05, 0) is 37.1 Å². The van der Waals surface area contributed by atoms with E-state index in [2.05, 4.69) is 11.8 Å². The normalized spacial score (nSPS) is 10.5. The highest BCUT2D eigenvalue weighted by atomic mass is 16.5. The van der Waals surface area contributed by atoms with Crippen molar-refractivity contribution in [2.24, 2.45) is 5.73 Å². The second-order valence-corrected chi connectivity index (χ2v) is 4.91. The first-order chi connectivity index (χ1) is 10.1. The molecule has 0 saturated heterocycles. The molecule has 4 heteroatoms. The van der Waals surface area contributed by atoms with E-state index in [1.165, 1.54) is 0 Å². The van der Waals surface area contributed by atoms with E-state index in [0.29, 0.717) is 6.54 Å². The lowest BCUT2D eigenvalue weighted by molar-refractivity contribution is 0.414. The number of anilines is 2.